The molecule has 0 amide bonds. The van der Waals surface area contributed by atoms with Crippen LogP contribution in [0, 0.1) is 11.8 Å². The zero-order valence-corrected chi connectivity index (χ0v) is 18.5. The number of esters is 3. The molecule has 0 spiro atoms. The van der Waals surface area contributed by atoms with Gasteiger partial charge in [-0.1, -0.05) is 33.3 Å². The van der Waals surface area contributed by atoms with E-state index in [0.717, 1.165) is 6.42 Å². The molecule has 1 aromatic carbocycles. The number of carboxylic acid groups (broad SMARTS) is 1. The van der Waals surface area contributed by atoms with E-state index >= 15 is 0 Å². The highest BCUT2D eigenvalue weighted by Gasteiger charge is 2.32. The van der Waals surface area contributed by atoms with E-state index in [0.29, 0.717) is 12.0 Å². The summed E-state index contributed by atoms with van der Waals surface area (Å²) in [5, 5.41) is 9.50. The van der Waals surface area contributed by atoms with E-state index in [1.165, 1.54) is 32.0 Å². The maximum atomic E-state index is 12.1. The number of nitrogens with two attached hydrogens (primary N) is 1. The van der Waals surface area contributed by atoms with Crippen LogP contribution in [0.15, 0.2) is 18.2 Å². The van der Waals surface area contributed by atoms with Crippen LogP contribution < -0.4 is 15.2 Å². The van der Waals surface area contributed by atoms with Crippen molar-refractivity contribution in [2.45, 2.75) is 59.4 Å². The van der Waals surface area contributed by atoms with Crippen LogP contribution in [0.5, 0.6) is 11.5 Å². The molecule has 4 atom stereocenters. The monoisotopic (exact) mass is 437 g/mol. The third-order valence-corrected chi connectivity index (χ3v) is 4.76. The van der Waals surface area contributed by atoms with Gasteiger partial charge in [0.2, 0.25) is 0 Å². The molecule has 172 valence electrons. The minimum atomic E-state index is -1.31. The van der Waals surface area contributed by atoms with Crippen molar-refractivity contribution < 1.29 is 38.5 Å². The maximum Gasteiger partial charge on any atom is 0.321 e. The number of ether oxygens (including phenoxy) is 3. The Labute approximate surface area is 181 Å². The Bertz CT molecular complexity index is 807. The van der Waals surface area contributed by atoms with Crippen LogP contribution >= 0.6 is 0 Å². The number of hydrogen-bond acceptors (Lipinski definition) is 8. The number of benzene rings is 1. The van der Waals surface area contributed by atoms with Crippen LogP contribution in [0.2, 0.25) is 0 Å². The van der Waals surface area contributed by atoms with E-state index in [1.54, 1.807) is 13.8 Å². The van der Waals surface area contributed by atoms with Gasteiger partial charge in [-0.3, -0.25) is 19.2 Å². The summed E-state index contributed by atoms with van der Waals surface area (Å²) in [6.45, 7) is 7.81. The molecule has 0 aliphatic heterocycles. The Morgan fingerprint density at radius 1 is 1.03 bits per heavy atom. The second-order valence-electron chi connectivity index (χ2n) is 7.58. The fraction of sp³-hybridized carbons (Fsp3) is 0.545. The molecule has 0 aliphatic carbocycles. The molecule has 0 radical (unpaired) electrons. The lowest BCUT2D eigenvalue weighted by Gasteiger charge is -2.28. The Morgan fingerprint density at radius 3 is 2.13 bits per heavy atom. The fourth-order valence-electron chi connectivity index (χ4n) is 3.26. The summed E-state index contributed by atoms with van der Waals surface area (Å²) in [6, 6.07) is 3.03. The Morgan fingerprint density at radius 2 is 1.61 bits per heavy atom. The molecule has 9 nitrogen and oxygen atoms in total. The predicted octanol–water partition coefficient (Wildman–Crippen LogP) is 2.65. The minimum Gasteiger partial charge on any atom is -0.480 e. The Kier molecular flexibility index (Phi) is 10.1. The summed E-state index contributed by atoms with van der Waals surface area (Å²) in [5.74, 6) is -4.37. The Balaban J connectivity index is 3.22. The van der Waals surface area contributed by atoms with Gasteiger partial charge in [0.05, 0.1) is 12.5 Å². The lowest BCUT2D eigenvalue weighted by Crippen LogP contribution is -2.40. The van der Waals surface area contributed by atoms with Crippen LogP contribution in [0.25, 0.3) is 0 Å². The molecule has 0 saturated carbocycles. The third-order valence-electron chi connectivity index (χ3n) is 4.76. The third kappa shape index (κ3) is 8.01. The molecule has 1 rings (SSSR count). The highest BCUT2D eigenvalue weighted by atomic mass is 16.6. The molecule has 3 unspecified atom stereocenters. The lowest BCUT2D eigenvalue weighted by molar-refractivity contribution is -0.150. The topological polar surface area (TPSA) is 142 Å². The molecule has 0 aliphatic rings. The second-order valence-corrected chi connectivity index (χ2v) is 7.58. The van der Waals surface area contributed by atoms with Crippen molar-refractivity contribution in [3.63, 3.8) is 0 Å². The van der Waals surface area contributed by atoms with Crippen molar-refractivity contribution >= 4 is 23.9 Å². The van der Waals surface area contributed by atoms with E-state index in [9.17, 15) is 24.3 Å². The largest absolute Gasteiger partial charge is 0.480 e. The van der Waals surface area contributed by atoms with Crippen LogP contribution in [-0.2, 0) is 23.9 Å². The zero-order chi connectivity index (χ0) is 23.7. The summed E-state index contributed by atoms with van der Waals surface area (Å²) in [6.07, 6.45) is 1.53. The molecule has 1 aromatic rings. The lowest BCUT2D eigenvalue weighted by atomic mass is 9.82. The van der Waals surface area contributed by atoms with Crippen molar-refractivity contribution in [2.24, 2.45) is 17.6 Å². The number of hydrogen-bond donors (Lipinski definition) is 2. The molecule has 0 aromatic heterocycles. The highest BCUT2D eigenvalue weighted by Crippen LogP contribution is 2.35. The normalized spacial score (nSPS) is 14.6. The molecule has 3 N–H and O–H groups in total. The van der Waals surface area contributed by atoms with Gasteiger partial charge in [-0.05, 0) is 30.0 Å². The van der Waals surface area contributed by atoms with Crippen molar-refractivity contribution in [1.82, 2.24) is 0 Å². The average Bonchev–Trinajstić information content (AvgIpc) is 2.67. The molecule has 0 saturated heterocycles. The summed E-state index contributed by atoms with van der Waals surface area (Å²) < 4.78 is 15.5. The van der Waals surface area contributed by atoms with Gasteiger partial charge in [0.15, 0.2) is 11.5 Å². The number of carboxylic acids is 1. The first-order valence-electron chi connectivity index (χ1n) is 10.1. The first-order valence-corrected chi connectivity index (χ1v) is 10.1. The molecular weight excluding hydrogens is 406 g/mol. The second kappa shape index (κ2) is 12.0. The van der Waals surface area contributed by atoms with Gasteiger partial charge in [0, 0.05) is 19.8 Å². The van der Waals surface area contributed by atoms with E-state index in [1.807, 2.05) is 6.92 Å². The molecule has 9 heteroatoms. The van der Waals surface area contributed by atoms with Crippen molar-refractivity contribution in [2.75, 3.05) is 6.61 Å². The summed E-state index contributed by atoms with van der Waals surface area (Å²) >= 11 is 0. The van der Waals surface area contributed by atoms with Crippen LogP contribution in [-0.4, -0.2) is 41.6 Å². The maximum absolute atomic E-state index is 12.1. The minimum absolute atomic E-state index is 0.0153. The molecular formula is C22H31NO8. The molecule has 31 heavy (non-hydrogen) atoms. The smallest absolute Gasteiger partial charge is 0.321 e. The van der Waals surface area contributed by atoms with Crippen molar-refractivity contribution in [3.8, 4) is 11.5 Å². The van der Waals surface area contributed by atoms with Crippen LogP contribution in [0.1, 0.15) is 58.9 Å². The van der Waals surface area contributed by atoms with Gasteiger partial charge in [-0.15, -0.1) is 0 Å². The number of carbonyl (C=O) groups excluding carboxylic acids is 3. The van der Waals surface area contributed by atoms with E-state index in [4.69, 9.17) is 19.9 Å². The summed E-state index contributed by atoms with van der Waals surface area (Å²) in [7, 11) is 0. The standard InChI is InChI=1S/C22H31NO8/c1-6-7-12(2)22(28)29-11-13(3)19(20(23)21(26)27)16-8-9-17(30-14(4)24)18(10-16)31-15(5)25/h8-10,12-13,19-20H,6-7,11,23H2,1-5H3,(H,26,27)/t12?,13?,19?,20-/m0/s1. The first-order chi connectivity index (χ1) is 14.5. The highest BCUT2D eigenvalue weighted by molar-refractivity contribution is 5.76. The first kappa shape index (κ1) is 26.1. The molecule has 0 fully saturated rings. The van der Waals surface area contributed by atoms with Crippen molar-refractivity contribution in [1.29, 1.82) is 0 Å². The van der Waals surface area contributed by atoms with Crippen LogP contribution in [0.3, 0.4) is 0 Å². The average molecular weight is 437 g/mol. The summed E-state index contributed by atoms with van der Waals surface area (Å²) in [5.41, 5.74) is 6.38. The van der Waals surface area contributed by atoms with Gasteiger partial charge >= 0.3 is 23.9 Å². The van der Waals surface area contributed by atoms with Gasteiger partial charge in [-0.2, -0.15) is 0 Å². The van der Waals surface area contributed by atoms with E-state index < -0.39 is 35.8 Å². The van der Waals surface area contributed by atoms with Gasteiger partial charge in [-0.25, -0.2) is 0 Å². The van der Waals surface area contributed by atoms with Crippen LogP contribution in [0.4, 0.5) is 0 Å². The number of aliphatic carboxylic acids is 1. The quantitative estimate of drug-likeness (QED) is 0.394. The van der Waals surface area contributed by atoms with Crippen molar-refractivity contribution in [3.05, 3.63) is 23.8 Å². The molecule has 0 bridgehead atoms. The number of carbonyl (C=O) groups is 4. The molecule has 0 heterocycles. The van der Waals surface area contributed by atoms with Gasteiger partial charge in [0.25, 0.3) is 0 Å². The Hall–Kier alpha value is -2.94. The SMILES string of the molecule is CCCC(C)C(=O)OCC(C)C(c1ccc(OC(C)=O)c(OC(C)=O)c1)[C@H](N)C(=O)O. The van der Waals surface area contributed by atoms with E-state index in [-0.39, 0.29) is 30.0 Å². The predicted molar refractivity (Wildman–Crippen MR) is 112 cm³/mol. The number of rotatable bonds is 11. The zero-order valence-electron chi connectivity index (χ0n) is 18.5. The summed E-state index contributed by atoms with van der Waals surface area (Å²) in [4.78, 5) is 46.6. The van der Waals surface area contributed by atoms with Gasteiger partial charge in [0.1, 0.15) is 6.04 Å². The van der Waals surface area contributed by atoms with Gasteiger partial charge < -0.3 is 25.1 Å². The van der Waals surface area contributed by atoms with E-state index in [2.05, 4.69) is 0 Å². The fourth-order valence-corrected chi connectivity index (χ4v) is 3.26.